The second kappa shape index (κ2) is 7.87. The van der Waals surface area contributed by atoms with Gasteiger partial charge in [-0.25, -0.2) is 0 Å². The van der Waals surface area contributed by atoms with Gasteiger partial charge in [0.15, 0.2) is 0 Å². The molecule has 2 aromatic rings. The Morgan fingerprint density at radius 2 is 1.79 bits per heavy atom. The van der Waals surface area contributed by atoms with Gasteiger partial charge in [-0.05, 0) is 57.9 Å². The number of halogens is 2. The standard InChI is InChI=1S/C15H14BrClN2O4S/c1-22-13-5-3-10(7-12(13)16)9-18-19-24(20,21)15-8-11(17)4-6-14(15)23-2/h3-9,19H,1-2H3/b18-9+. The fraction of sp³-hybridized carbons (Fsp3) is 0.133. The predicted octanol–water partition coefficient (Wildman–Crippen LogP) is 3.43. The Labute approximate surface area is 153 Å². The van der Waals surface area contributed by atoms with E-state index in [1.54, 1.807) is 25.3 Å². The largest absolute Gasteiger partial charge is 0.496 e. The predicted molar refractivity (Wildman–Crippen MR) is 96.6 cm³/mol. The normalized spacial score (nSPS) is 11.5. The first-order valence-electron chi connectivity index (χ1n) is 6.59. The van der Waals surface area contributed by atoms with Crippen LogP contribution in [-0.2, 0) is 10.0 Å². The molecule has 0 unspecified atom stereocenters. The van der Waals surface area contributed by atoms with Crippen LogP contribution < -0.4 is 14.3 Å². The number of methoxy groups -OCH3 is 2. The van der Waals surface area contributed by atoms with Gasteiger partial charge in [-0.3, -0.25) is 0 Å². The fourth-order valence-corrected chi connectivity index (χ4v) is 3.63. The van der Waals surface area contributed by atoms with Crippen molar-refractivity contribution in [3.8, 4) is 11.5 Å². The minimum absolute atomic E-state index is 0.0921. The molecular weight excluding hydrogens is 420 g/mol. The van der Waals surface area contributed by atoms with E-state index in [4.69, 9.17) is 21.1 Å². The summed E-state index contributed by atoms with van der Waals surface area (Å²) in [7, 11) is -0.981. The highest BCUT2D eigenvalue weighted by atomic mass is 79.9. The Kier molecular flexibility index (Phi) is 6.09. The van der Waals surface area contributed by atoms with Gasteiger partial charge in [0.05, 0.1) is 24.9 Å². The van der Waals surface area contributed by atoms with Crippen molar-refractivity contribution < 1.29 is 17.9 Å². The number of benzene rings is 2. The number of ether oxygens (including phenoxy) is 2. The average molecular weight is 434 g/mol. The molecule has 1 N–H and O–H groups in total. The number of nitrogens with one attached hydrogen (secondary N) is 1. The van der Waals surface area contributed by atoms with Crippen molar-refractivity contribution in [1.29, 1.82) is 0 Å². The Balaban J connectivity index is 2.21. The Bertz CT molecular complexity index is 872. The monoisotopic (exact) mass is 432 g/mol. The van der Waals surface area contributed by atoms with Crippen LogP contribution >= 0.6 is 27.5 Å². The maximum Gasteiger partial charge on any atom is 0.280 e. The van der Waals surface area contributed by atoms with E-state index in [2.05, 4.69) is 25.9 Å². The van der Waals surface area contributed by atoms with Crippen LogP contribution in [0.3, 0.4) is 0 Å². The van der Waals surface area contributed by atoms with Gasteiger partial charge in [0, 0.05) is 5.02 Å². The van der Waals surface area contributed by atoms with Crippen LogP contribution in [0.15, 0.2) is 50.9 Å². The van der Waals surface area contributed by atoms with Crippen LogP contribution in [0.5, 0.6) is 11.5 Å². The summed E-state index contributed by atoms with van der Waals surface area (Å²) in [6.45, 7) is 0. The quantitative estimate of drug-likeness (QED) is 0.559. The third-order valence-electron chi connectivity index (χ3n) is 2.98. The first kappa shape index (κ1) is 18.6. The highest BCUT2D eigenvalue weighted by Crippen LogP contribution is 2.27. The second-order valence-corrected chi connectivity index (χ2v) is 7.46. The van der Waals surface area contributed by atoms with Crippen molar-refractivity contribution in [2.75, 3.05) is 14.2 Å². The summed E-state index contributed by atoms with van der Waals surface area (Å²) in [6.07, 6.45) is 1.37. The summed E-state index contributed by atoms with van der Waals surface area (Å²) in [5.41, 5.74) is 0.684. The number of hydrazone groups is 1. The Morgan fingerprint density at radius 1 is 1.12 bits per heavy atom. The molecule has 0 radical (unpaired) electrons. The molecule has 0 spiro atoms. The maximum atomic E-state index is 12.3. The molecule has 0 amide bonds. The van der Waals surface area contributed by atoms with Crippen LogP contribution in [-0.4, -0.2) is 28.9 Å². The van der Waals surface area contributed by atoms with Gasteiger partial charge in [-0.2, -0.15) is 18.4 Å². The molecule has 0 saturated heterocycles. The van der Waals surface area contributed by atoms with Crippen molar-refractivity contribution in [2.45, 2.75) is 4.90 Å². The number of hydrogen-bond donors (Lipinski definition) is 1. The van der Waals surface area contributed by atoms with Gasteiger partial charge in [-0.15, -0.1) is 0 Å². The summed E-state index contributed by atoms with van der Waals surface area (Å²) in [5.74, 6) is 0.839. The van der Waals surface area contributed by atoms with Crippen molar-refractivity contribution in [3.05, 3.63) is 51.5 Å². The lowest BCUT2D eigenvalue weighted by Gasteiger charge is -2.09. The minimum Gasteiger partial charge on any atom is -0.496 e. The maximum absolute atomic E-state index is 12.3. The summed E-state index contributed by atoms with van der Waals surface area (Å²) in [4.78, 5) is 2.04. The van der Waals surface area contributed by atoms with Gasteiger partial charge >= 0.3 is 0 Å². The third kappa shape index (κ3) is 4.40. The van der Waals surface area contributed by atoms with E-state index >= 15 is 0 Å². The lowest BCUT2D eigenvalue weighted by molar-refractivity contribution is 0.402. The number of hydrogen-bond acceptors (Lipinski definition) is 5. The molecule has 0 aliphatic carbocycles. The molecule has 2 aromatic carbocycles. The second-order valence-electron chi connectivity index (χ2n) is 4.54. The lowest BCUT2D eigenvalue weighted by Crippen LogP contribution is -2.19. The van der Waals surface area contributed by atoms with Crippen molar-refractivity contribution >= 4 is 43.8 Å². The summed E-state index contributed by atoms with van der Waals surface area (Å²) >= 11 is 9.20. The molecular formula is C15H14BrClN2O4S. The molecule has 0 fully saturated rings. The van der Waals surface area contributed by atoms with Crippen molar-refractivity contribution in [3.63, 3.8) is 0 Å². The van der Waals surface area contributed by atoms with Crippen LogP contribution in [0.1, 0.15) is 5.56 Å². The van der Waals surface area contributed by atoms with Gasteiger partial charge in [-0.1, -0.05) is 11.6 Å². The van der Waals surface area contributed by atoms with Crippen LogP contribution in [0.25, 0.3) is 0 Å². The van der Waals surface area contributed by atoms with E-state index in [0.717, 1.165) is 4.47 Å². The smallest absolute Gasteiger partial charge is 0.280 e. The highest BCUT2D eigenvalue weighted by Gasteiger charge is 2.19. The molecule has 0 aromatic heterocycles. The summed E-state index contributed by atoms with van der Waals surface area (Å²) in [6, 6.07) is 9.53. The first-order chi connectivity index (χ1) is 11.4. The van der Waals surface area contributed by atoms with E-state index in [1.807, 2.05) is 0 Å². The van der Waals surface area contributed by atoms with E-state index in [1.165, 1.54) is 31.5 Å². The lowest BCUT2D eigenvalue weighted by atomic mass is 10.2. The molecule has 0 heterocycles. The van der Waals surface area contributed by atoms with Gasteiger partial charge in [0.2, 0.25) is 0 Å². The van der Waals surface area contributed by atoms with Gasteiger partial charge in [0.1, 0.15) is 16.4 Å². The minimum atomic E-state index is -3.91. The fourth-order valence-electron chi connectivity index (χ4n) is 1.84. The SMILES string of the molecule is COc1ccc(/C=N/NS(=O)(=O)c2cc(Cl)ccc2OC)cc1Br. The van der Waals surface area contributed by atoms with E-state index in [9.17, 15) is 8.42 Å². The first-order valence-corrected chi connectivity index (χ1v) is 9.24. The molecule has 24 heavy (non-hydrogen) atoms. The molecule has 0 aliphatic heterocycles. The molecule has 9 heteroatoms. The highest BCUT2D eigenvalue weighted by molar-refractivity contribution is 9.10. The number of rotatable bonds is 6. The Hall–Kier alpha value is -1.77. The molecule has 0 bridgehead atoms. The zero-order chi connectivity index (χ0) is 17.7. The van der Waals surface area contributed by atoms with Gasteiger partial charge in [0.25, 0.3) is 10.0 Å². The van der Waals surface area contributed by atoms with Crippen LogP contribution in [0, 0.1) is 0 Å². The molecule has 2 rings (SSSR count). The third-order valence-corrected chi connectivity index (χ3v) is 5.08. The average Bonchev–Trinajstić information content (AvgIpc) is 2.55. The zero-order valence-electron chi connectivity index (χ0n) is 12.8. The molecule has 0 saturated carbocycles. The topological polar surface area (TPSA) is 77.0 Å². The molecule has 6 nitrogen and oxygen atoms in total. The Morgan fingerprint density at radius 3 is 2.42 bits per heavy atom. The zero-order valence-corrected chi connectivity index (χ0v) is 15.9. The number of sulfonamides is 1. The van der Waals surface area contributed by atoms with E-state index < -0.39 is 10.0 Å². The van der Waals surface area contributed by atoms with Crippen LogP contribution in [0.4, 0.5) is 0 Å². The number of nitrogens with zero attached hydrogens (tertiary/aromatic N) is 1. The van der Waals surface area contributed by atoms with E-state index in [-0.39, 0.29) is 15.7 Å². The summed E-state index contributed by atoms with van der Waals surface area (Å²) < 4.78 is 35.6. The van der Waals surface area contributed by atoms with Gasteiger partial charge < -0.3 is 9.47 Å². The van der Waals surface area contributed by atoms with Crippen molar-refractivity contribution in [2.24, 2.45) is 5.10 Å². The summed E-state index contributed by atoms with van der Waals surface area (Å²) in [5, 5.41) is 4.05. The molecule has 0 atom stereocenters. The van der Waals surface area contributed by atoms with Crippen molar-refractivity contribution in [1.82, 2.24) is 4.83 Å². The van der Waals surface area contributed by atoms with E-state index in [0.29, 0.717) is 11.3 Å². The van der Waals surface area contributed by atoms with Crippen LogP contribution in [0.2, 0.25) is 5.02 Å². The molecule has 0 aliphatic rings. The molecule has 128 valence electrons.